The van der Waals surface area contributed by atoms with E-state index in [0.29, 0.717) is 0 Å². The number of rotatable bonds is 4. The van der Waals surface area contributed by atoms with E-state index in [4.69, 9.17) is 9.72 Å². The fourth-order valence-corrected chi connectivity index (χ4v) is 4.25. The molecule has 1 N–H and O–H groups in total. The van der Waals surface area contributed by atoms with Gasteiger partial charge in [0.2, 0.25) is 5.95 Å². The van der Waals surface area contributed by atoms with Gasteiger partial charge in [-0.15, -0.1) is 11.3 Å². The predicted octanol–water partition coefficient (Wildman–Crippen LogP) is 3.60. The fourth-order valence-electron chi connectivity index (χ4n) is 3.22. The highest BCUT2D eigenvalue weighted by Crippen LogP contribution is 2.34. The molecule has 3 aromatic heterocycles. The van der Waals surface area contributed by atoms with Crippen molar-refractivity contribution in [2.24, 2.45) is 0 Å². The highest BCUT2D eigenvalue weighted by Gasteiger charge is 2.18. The van der Waals surface area contributed by atoms with E-state index < -0.39 is 0 Å². The molecule has 1 aliphatic rings. The summed E-state index contributed by atoms with van der Waals surface area (Å²) < 4.78 is 7.46. The van der Waals surface area contributed by atoms with Gasteiger partial charge in [-0.3, -0.25) is 0 Å². The number of nitrogens with one attached hydrogen (secondary N) is 1. The van der Waals surface area contributed by atoms with Gasteiger partial charge in [-0.2, -0.15) is 9.61 Å². The molecule has 4 aromatic rings. The molecule has 1 fully saturated rings. The second-order valence-corrected chi connectivity index (χ2v) is 7.17. The Morgan fingerprint density at radius 1 is 1.28 bits per heavy atom. The lowest BCUT2D eigenvalue weighted by Gasteiger charge is -2.11. The zero-order valence-corrected chi connectivity index (χ0v) is 14.4. The summed E-state index contributed by atoms with van der Waals surface area (Å²) in [7, 11) is 0. The molecular formula is C18H17N5OS. The van der Waals surface area contributed by atoms with Crippen molar-refractivity contribution in [3.8, 4) is 10.4 Å². The smallest absolute Gasteiger partial charge is 0.227 e. The highest BCUT2D eigenvalue weighted by atomic mass is 32.1. The van der Waals surface area contributed by atoms with Crippen molar-refractivity contribution in [3.05, 3.63) is 42.7 Å². The van der Waals surface area contributed by atoms with E-state index in [2.05, 4.69) is 33.6 Å². The second kappa shape index (κ2) is 6.09. The number of aromatic nitrogens is 4. The van der Waals surface area contributed by atoms with Crippen LogP contribution in [0.25, 0.3) is 26.3 Å². The van der Waals surface area contributed by atoms with Gasteiger partial charge in [-0.05, 0) is 24.5 Å². The third kappa shape index (κ3) is 2.65. The molecule has 4 heterocycles. The van der Waals surface area contributed by atoms with Gasteiger partial charge in [0.1, 0.15) is 11.2 Å². The van der Waals surface area contributed by atoms with Gasteiger partial charge >= 0.3 is 0 Å². The number of ether oxygens (including phenoxy) is 1. The van der Waals surface area contributed by atoms with Gasteiger partial charge in [0.25, 0.3) is 0 Å². The SMILES string of the molecule is c1ccc(-c2cc3c(nc(NC[C@@H]4CCCO4)n4ncnc34)s2)cc1. The van der Waals surface area contributed by atoms with Crippen LogP contribution in [0.3, 0.4) is 0 Å². The van der Waals surface area contributed by atoms with Crippen molar-refractivity contribution in [1.29, 1.82) is 0 Å². The average molecular weight is 351 g/mol. The summed E-state index contributed by atoms with van der Waals surface area (Å²) in [6, 6.07) is 12.5. The summed E-state index contributed by atoms with van der Waals surface area (Å²) in [6.07, 6.45) is 4.04. The first-order valence-electron chi connectivity index (χ1n) is 8.43. The van der Waals surface area contributed by atoms with Crippen LogP contribution in [0.5, 0.6) is 0 Å². The lowest BCUT2D eigenvalue weighted by Crippen LogP contribution is -2.20. The van der Waals surface area contributed by atoms with E-state index >= 15 is 0 Å². The zero-order chi connectivity index (χ0) is 16.6. The minimum atomic E-state index is 0.249. The van der Waals surface area contributed by atoms with E-state index in [0.717, 1.165) is 47.8 Å². The van der Waals surface area contributed by atoms with Crippen LogP contribution in [-0.2, 0) is 4.74 Å². The molecule has 126 valence electrons. The largest absolute Gasteiger partial charge is 0.376 e. The van der Waals surface area contributed by atoms with Crippen molar-refractivity contribution in [2.75, 3.05) is 18.5 Å². The summed E-state index contributed by atoms with van der Waals surface area (Å²) in [4.78, 5) is 11.4. The first-order valence-corrected chi connectivity index (χ1v) is 9.24. The van der Waals surface area contributed by atoms with Crippen LogP contribution >= 0.6 is 11.3 Å². The van der Waals surface area contributed by atoms with Crippen molar-refractivity contribution < 1.29 is 4.74 Å². The standard InChI is InChI=1S/C18H17N5OS/c1-2-5-12(6-3-1)15-9-14-16-20-11-21-23(16)18(22-17(14)25-15)19-10-13-7-4-8-24-13/h1-3,5-6,9,11,13H,4,7-8,10H2,(H,19,22)/t13-/m0/s1. The Balaban J connectivity index is 1.57. The monoisotopic (exact) mass is 351 g/mol. The summed E-state index contributed by atoms with van der Waals surface area (Å²) in [5, 5.41) is 8.76. The number of thiophene rings is 1. The Morgan fingerprint density at radius 3 is 3.04 bits per heavy atom. The van der Waals surface area contributed by atoms with Crippen LogP contribution in [0.2, 0.25) is 0 Å². The van der Waals surface area contributed by atoms with Crippen LogP contribution in [-0.4, -0.2) is 38.8 Å². The Morgan fingerprint density at radius 2 is 2.20 bits per heavy atom. The maximum Gasteiger partial charge on any atom is 0.227 e. The molecule has 1 saturated heterocycles. The molecule has 0 spiro atoms. The van der Waals surface area contributed by atoms with Gasteiger partial charge in [-0.25, -0.2) is 9.97 Å². The van der Waals surface area contributed by atoms with E-state index in [9.17, 15) is 0 Å². The van der Waals surface area contributed by atoms with E-state index in [-0.39, 0.29) is 6.10 Å². The van der Waals surface area contributed by atoms with Crippen molar-refractivity contribution in [3.63, 3.8) is 0 Å². The van der Waals surface area contributed by atoms with Crippen LogP contribution < -0.4 is 5.32 Å². The number of hydrogen-bond acceptors (Lipinski definition) is 6. The molecule has 5 rings (SSSR count). The first-order chi connectivity index (χ1) is 12.4. The molecule has 0 aliphatic carbocycles. The van der Waals surface area contributed by atoms with Crippen LogP contribution in [0.4, 0.5) is 5.95 Å². The molecule has 0 radical (unpaired) electrons. The summed E-state index contributed by atoms with van der Waals surface area (Å²) >= 11 is 1.68. The number of nitrogens with zero attached hydrogens (tertiary/aromatic N) is 4. The van der Waals surface area contributed by atoms with Gasteiger partial charge in [0.05, 0.1) is 11.5 Å². The van der Waals surface area contributed by atoms with Gasteiger partial charge < -0.3 is 10.1 Å². The van der Waals surface area contributed by atoms with Crippen molar-refractivity contribution >= 4 is 33.1 Å². The van der Waals surface area contributed by atoms with Crippen LogP contribution in [0.15, 0.2) is 42.7 Å². The number of benzene rings is 1. The second-order valence-electron chi connectivity index (χ2n) is 6.14. The molecule has 1 atom stereocenters. The highest BCUT2D eigenvalue weighted by molar-refractivity contribution is 7.22. The van der Waals surface area contributed by atoms with E-state index in [1.807, 2.05) is 18.2 Å². The van der Waals surface area contributed by atoms with E-state index in [1.165, 1.54) is 10.4 Å². The summed E-state index contributed by atoms with van der Waals surface area (Å²) in [5.74, 6) is 0.719. The van der Waals surface area contributed by atoms with Crippen molar-refractivity contribution in [1.82, 2.24) is 19.6 Å². The molecule has 6 nitrogen and oxygen atoms in total. The van der Waals surface area contributed by atoms with Gasteiger partial charge in [0, 0.05) is 18.0 Å². The Hall–Kier alpha value is -2.51. The number of anilines is 1. The lowest BCUT2D eigenvalue weighted by atomic mass is 10.2. The third-order valence-corrected chi connectivity index (χ3v) is 5.56. The predicted molar refractivity (Wildman–Crippen MR) is 99.1 cm³/mol. The van der Waals surface area contributed by atoms with E-state index in [1.54, 1.807) is 22.2 Å². The molecule has 7 heteroatoms. The third-order valence-electron chi connectivity index (χ3n) is 4.48. The molecule has 1 aromatic carbocycles. The quantitative estimate of drug-likeness (QED) is 0.609. The van der Waals surface area contributed by atoms with Gasteiger partial charge in [-0.1, -0.05) is 30.3 Å². The molecule has 0 unspecified atom stereocenters. The molecule has 0 amide bonds. The minimum Gasteiger partial charge on any atom is -0.376 e. The normalized spacial score (nSPS) is 17.5. The lowest BCUT2D eigenvalue weighted by molar-refractivity contribution is 0.120. The Labute approximate surface area is 148 Å². The summed E-state index contributed by atoms with van der Waals surface area (Å²) in [5.41, 5.74) is 2.02. The van der Waals surface area contributed by atoms with Crippen LogP contribution in [0.1, 0.15) is 12.8 Å². The molecule has 1 aliphatic heterocycles. The maximum absolute atomic E-state index is 5.68. The molecule has 0 bridgehead atoms. The molecule has 25 heavy (non-hydrogen) atoms. The molecule has 0 saturated carbocycles. The first kappa shape index (κ1) is 14.8. The average Bonchev–Trinajstić information content (AvgIpc) is 3.39. The van der Waals surface area contributed by atoms with Crippen LogP contribution in [0, 0.1) is 0 Å². The minimum absolute atomic E-state index is 0.249. The Kier molecular flexibility index (Phi) is 3.61. The fraction of sp³-hybridized carbons (Fsp3) is 0.278. The Bertz CT molecular complexity index is 1020. The van der Waals surface area contributed by atoms with Gasteiger partial charge in [0.15, 0.2) is 5.65 Å². The maximum atomic E-state index is 5.68. The topological polar surface area (TPSA) is 64.3 Å². The number of hydrogen-bond donors (Lipinski definition) is 1. The summed E-state index contributed by atoms with van der Waals surface area (Å²) in [6.45, 7) is 1.59. The van der Waals surface area contributed by atoms with Crippen molar-refractivity contribution in [2.45, 2.75) is 18.9 Å². The zero-order valence-electron chi connectivity index (χ0n) is 13.6. The number of fused-ring (bicyclic) bond motifs is 3. The molecular weight excluding hydrogens is 334 g/mol.